The van der Waals surface area contributed by atoms with E-state index in [0.29, 0.717) is 29.9 Å². The minimum Gasteiger partial charge on any atom is -0.391 e. The molecule has 5 nitrogen and oxygen atoms in total. The van der Waals surface area contributed by atoms with E-state index < -0.39 is 0 Å². The topological polar surface area (TPSA) is 66.9 Å². The molecule has 2 aromatic rings. The summed E-state index contributed by atoms with van der Waals surface area (Å²) in [4.78, 5) is 5.17. The Labute approximate surface area is 112 Å². The number of anilines is 1. The van der Waals surface area contributed by atoms with Crippen molar-refractivity contribution >= 4 is 17.2 Å². The molecular formula is C12H18N4OS+2. The van der Waals surface area contributed by atoms with Crippen molar-refractivity contribution in [2.45, 2.75) is 27.0 Å². The van der Waals surface area contributed by atoms with Crippen LogP contribution in [0.25, 0.3) is 0 Å². The van der Waals surface area contributed by atoms with E-state index in [1.54, 1.807) is 11.6 Å². The summed E-state index contributed by atoms with van der Waals surface area (Å²) in [6.45, 7) is 4.30. The molecule has 0 radical (unpaired) electrons. The predicted octanol–water partition coefficient (Wildman–Crippen LogP) is -0.00526. The van der Waals surface area contributed by atoms with Gasteiger partial charge in [0, 0.05) is 13.8 Å². The number of thiazole rings is 1. The summed E-state index contributed by atoms with van der Waals surface area (Å²) < 4.78 is 11.8. The van der Waals surface area contributed by atoms with E-state index in [-0.39, 0.29) is 6.61 Å². The highest BCUT2D eigenvalue weighted by Crippen LogP contribution is 2.12. The molecule has 3 N–H and O–H groups in total. The van der Waals surface area contributed by atoms with E-state index in [0.717, 1.165) is 10.6 Å². The van der Waals surface area contributed by atoms with Crippen LogP contribution in [-0.2, 0) is 20.2 Å². The van der Waals surface area contributed by atoms with Crippen LogP contribution in [0.4, 0.5) is 5.82 Å². The third-order valence-corrected chi connectivity index (χ3v) is 4.08. The normalized spacial score (nSPS) is 11.7. The minimum absolute atomic E-state index is 0.0344. The molecular weight excluding hydrogens is 248 g/mol. The summed E-state index contributed by atoms with van der Waals surface area (Å²) in [5.41, 5.74) is 9.55. The molecule has 2 aromatic heterocycles. The Bertz CT molecular complexity index is 627. The lowest BCUT2D eigenvalue weighted by atomic mass is 10.3. The van der Waals surface area contributed by atoms with Crippen molar-refractivity contribution in [2.24, 2.45) is 7.05 Å². The van der Waals surface area contributed by atoms with Gasteiger partial charge in [0.1, 0.15) is 18.0 Å². The molecule has 0 atom stereocenters. The Hall–Kier alpha value is -1.53. The maximum atomic E-state index is 9.21. The lowest BCUT2D eigenvalue weighted by Crippen LogP contribution is -2.39. The third kappa shape index (κ3) is 2.34. The smallest absolute Gasteiger partial charge is 0.297 e. The van der Waals surface area contributed by atoms with E-state index in [4.69, 9.17) is 7.10 Å². The molecule has 0 fully saturated rings. The summed E-state index contributed by atoms with van der Waals surface area (Å²) in [5.74, 6) is 1.11. The number of hydrogen-bond acceptors (Lipinski definition) is 4. The van der Waals surface area contributed by atoms with E-state index in [9.17, 15) is 5.11 Å². The number of aryl methyl sites for hydroxylation is 1. The van der Waals surface area contributed by atoms with Crippen molar-refractivity contribution in [3.8, 4) is 0 Å². The van der Waals surface area contributed by atoms with Crippen molar-refractivity contribution in [3.63, 3.8) is 0 Å². The van der Waals surface area contributed by atoms with Gasteiger partial charge in [-0.3, -0.25) is 0 Å². The summed E-state index contributed by atoms with van der Waals surface area (Å²) in [7, 11) is 1.80. The number of nitrogen functional groups attached to an aromatic ring is 1. The molecule has 2 heterocycles. The number of aliphatic hydroxyl groups excluding tert-OH is 1. The number of nitrogens with zero attached hydrogens (tertiary/aromatic N) is 3. The monoisotopic (exact) mass is 267 g/mol. The second kappa shape index (κ2) is 4.99. The van der Waals surface area contributed by atoms with Crippen LogP contribution in [-0.4, -0.2) is 10.1 Å². The molecule has 0 amide bonds. The average molecular weight is 267 g/mol. The van der Waals surface area contributed by atoms with Gasteiger partial charge >= 0.3 is 0 Å². The molecule has 96 valence electrons. The second-order valence-corrected chi connectivity index (χ2v) is 5.15. The number of hydrogen-bond donors (Lipinski definition) is 2. The van der Waals surface area contributed by atoms with Crippen molar-refractivity contribution in [3.05, 3.63) is 33.6 Å². The Morgan fingerprint density at radius 1 is 1.56 bits per heavy atom. The maximum Gasteiger partial charge on any atom is 0.297 e. The largest absolute Gasteiger partial charge is 0.391 e. The van der Waals surface area contributed by atoms with Crippen LogP contribution in [0.3, 0.4) is 0 Å². The summed E-state index contributed by atoms with van der Waals surface area (Å²) in [6.07, 6.45) is 0.369. The van der Waals surface area contributed by atoms with Crippen LogP contribution in [0.15, 0.2) is 11.7 Å². The molecule has 0 aliphatic rings. The molecule has 0 saturated heterocycles. The molecule has 6 heteroatoms. The molecule has 2 rings (SSSR count). The van der Waals surface area contributed by atoms with Gasteiger partial charge in [0.15, 0.2) is 12.2 Å². The van der Waals surface area contributed by atoms with Gasteiger partial charge in [-0.15, -0.1) is 0 Å². The first kappa shape index (κ1) is 11.6. The highest BCUT2D eigenvalue weighted by Gasteiger charge is 2.20. The summed E-state index contributed by atoms with van der Waals surface area (Å²) >= 11 is 1.50. The SMILES string of the molecule is [2H]c1c(C[n+]2csc(CO)c2C)c(N)nc(C)[n+]1C. The van der Waals surface area contributed by atoms with E-state index in [1.807, 2.05) is 23.9 Å². The molecule has 0 aliphatic carbocycles. The Morgan fingerprint density at radius 2 is 2.28 bits per heavy atom. The second-order valence-electron chi connectivity index (χ2n) is 4.21. The minimum atomic E-state index is 0.0344. The molecule has 0 aliphatic heterocycles. The van der Waals surface area contributed by atoms with Crippen LogP contribution >= 0.6 is 11.3 Å². The Morgan fingerprint density at radius 3 is 2.89 bits per heavy atom. The summed E-state index contributed by atoms with van der Waals surface area (Å²) in [6, 6.07) is 0. The van der Waals surface area contributed by atoms with Gasteiger partial charge < -0.3 is 10.8 Å². The maximum absolute atomic E-state index is 9.21. The van der Waals surface area contributed by atoms with Crippen LogP contribution in [0.1, 0.15) is 23.3 Å². The van der Waals surface area contributed by atoms with Crippen molar-refractivity contribution in [1.82, 2.24) is 4.98 Å². The molecule has 0 saturated carbocycles. The lowest BCUT2D eigenvalue weighted by Gasteiger charge is -2.00. The lowest BCUT2D eigenvalue weighted by molar-refractivity contribution is -0.698. The van der Waals surface area contributed by atoms with Crippen LogP contribution in [0.2, 0.25) is 0 Å². The first-order valence-corrected chi connectivity index (χ1v) is 6.52. The molecule has 0 aromatic carbocycles. The van der Waals surface area contributed by atoms with Gasteiger partial charge in [-0.1, -0.05) is 11.3 Å². The quantitative estimate of drug-likeness (QED) is 0.769. The zero-order valence-corrected chi connectivity index (χ0v) is 11.6. The summed E-state index contributed by atoms with van der Waals surface area (Å²) in [5, 5.41) is 9.21. The molecule has 18 heavy (non-hydrogen) atoms. The van der Waals surface area contributed by atoms with Crippen LogP contribution < -0.4 is 14.9 Å². The van der Waals surface area contributed by atoms with Crippen molar-refractivity contribution in [2.75, 3.05) is 5.73 Å². The van der Waals surface area contributed by atoms with E-state index in [2.05, 4.69) is 4.98 Å². The number of rotatable bonds is 3. The average Bonchev–Trinajstić information content (AvgIpc) is 2.73. The molecule has 0 bridgehead atoms. The van der Waals surface area contributed by atoms with Gasteiger partial charge in [-0.2, -0.15) is 4.57 Å². The molecule has 0 spiro atoms. The first-order chi connectivity index (χ1) is 8.95. The fourth-order valence-corrected chi connectivity index (χ4v) is 2.55. The van der Waals surface area contributed by atoms with E-state index in [1.165, 1.54) is 11.3 Å². The number of aliphatic hydroxyl groups is 1. The van der Waals surface area contributed by atoms with E-state index >= 15 is 0 Å². The third-order valence-electron chi connectivity index (χ3n) is 3.01. The van der Waals surface area contributed by atoms with Crippen molar-refractivity contribution in [1.29, 1.82) is 0 Å². The van der Waals surface area contributed by atoms with Gasteiger partial charge in [0.05, 0.1) is 13.7 Å². The van der Waals surface area contributed by atoms with Gasteiger partial charge in [0.25, 0.3) is 11.6 Å². The predicted molar refractivity (Wildman–Crippen MR) is 68.8 cm³/mol. The Balaban J connectivity index is 2.44. The molecule has 0 unspecified atom stereocenters. The van der Waals surface area contributed by atoms with Gasteiger partial charge in [0.2, 0.25) is 5.51 Å². The zero-order chi connectivity index (χ0) is 14.2. The van der Waals surface area contributed by atoms with Crippen LogP contribution in [0.5, 0.6) is 0 Å². The fourth-order valence-electron chi connectivity index (χ4n) is 1.70. The van der Waals surface area contributed by atoms with Gasteiger partial charge in [-0.05, 0) is 4.98 Å². The highest BCUT2D eigenvalue weighted by molar-refractivity contribution is 7.09. The highest BCUT2D eigenvalue weighted by atomic mass is 32.1. The standard InChI is InChI=1S/C12H17N4OS/c1-8-11(6-17)18-7-16(8)5-10-4-15(3)9(2)14-12(10)13/h4,7,13,17H,5-6H2,1-3H3/q+1/p+1/i4D. The van der Waals surface area contributed by atoms with Crippen molar-refractivity contribution < 1.29 is 15.6 Å². The Kier molecular flexibility index (Phi) is 3.21. The zero-order valence-electron chi connectivity index (χ0n) is 11.8. The van der Waals surface area contributed by atoms with Crippen LogP contribution in [0, 0.1) is 13.8 Å². The first-order valence-electron chi connectivity index (χ1n) is 6.14. The van der Waals surface area contributed by atoms with Gasteiger partial charge in [-0.25, -0.2) is 4.57 Å². The number of nitrogens with two attached hydrogens (primary N) is 1. The number of aromatic nitrogens is 3. The fraction of sp³-hybridized carbons (Fsp3) is 0.417.